The van der Waals surface area contributed by atoms with Gasteiger partial charge < -0.3 is 24.3 Å². The predicted molar refractivity (Wildman–Crippen MR) is 97.8 cm³/mol. The number of unbranched alkanes of at least 4 members (excludes halogenated alkanes) is 1. The van der Waals surface area contributed by atoms with E-state index in [4.69, 9.17) is 9.57 Å². The van der Waals surface area contributed by atoms with Crippen molar-refractivity contribution in [3.05, 3.63) is 12.4 Å². The highest BCUT2D eigenvalue weighted by atomic mass is 16.7. The van der Waals surface area contributed by atoms with Crippen LogP contribution in [0.25, 0.3) is 0 Å². The molecule has 1 atom stereocenters. The Hall–Kier alpha value is -1.43. The fourth-order valence-corrected chi connectivity index (χ4v) is 3.21. The third-order valence-corrected chi connectivity index (χ3v) is 4.84. The average Bonchev–Trinajstić information content (AvgIpc) is 2.59. The number of likely N-dealkylation sites (N-methyl/N-ethyl adjacent to an activating group) is 1. The zero-order chi connectivity index (χ0) is 17.5. The summed E-state index contributed by atoms with van der Waals surface area (Å²) in [6, 6.07) is 0. The zero-order valence-corrected chi connectivity index (χ0v) is 15.8. The van der Waals surface area contributed by atoms with Crippen molar-refractivity contribution in [2.75, 3.05) is 53.9 Å². The summed E-state index contributed by atoms with van der Waals surface area (Å²) in [5.41, 5.74) is 0. The van der Waals surface area contributed by atoms with Gasteiger partial charge in [0.15, 0.2) is 6.61 Å². The van der Waals surface area contributed by atoms with E-state index in [9.17, 15) is 0 Å². The third kappa shape index (κ3) is 5.30. The second kappa shape index (κ2) is 9.16. The highest BCUT2D eigenvalue weighted by molar-refractivity contribution is 5.78. The van der Waals surface area contributed by atoms with Crippen LogP contribution in [0.4, 0.5) is 0 Å². The molecule has 0 aromatic carbocycles. The minimum Gasteiger partial charge on any atom is -0.470 e. The van der Waals surface area contributed by atoms with Gasteiger partial charge in [-0.25, -0.2) is 0 Å². The lowest BCUT2D eigenvalue weighted by Crippen LogP contribution is -2.43. The smallest absolute Gasteiger partial charge is 0.229 e. The molecule has 0 spiro atoms. The fraction of sp³-hybridized carbons (Fsp3) is 0.833. The van der Waals surface area contributed by atoms with Crippen molar-refractivity contribution in [3.63, 3.8) is 0 Å². The minimum atomic E-state index is 0.0918. The Balaban J connectivity index is 1.79. The number of piperidine rings is 1. The number of likely N-dealkylation sites (tertiary alicyclic amines) is 1. The first-order chi connectivity index (χ1) is 11.5. The van der Waals surface area contributed by atoms with Crippen LogP contribution in [0, 0.1) is 5.92 Å². The minimum absolute atomic E-state index is 0.0918. The van der Waals surface area contributed by atoms with E-state index in [2.05, 4.69) is 40.4 Å². The summed E-state index contributed by atoms with van der Waals surface area (Å²) in [6.45, 7) is 10.9. The van der Waals surface area contributed by atoms with Crippen molar-refractivity contribution < 1.29 is 9.57 Å². The van der Waals surface area contributed by atoms with Gasteiger partial charge in [-0.1, -0.05) is 25.1 Å². The summed E-state index contributed by atoms with van der Waals surface area (Å²) in [5, 5.41) is 4.20. The highest BCUT2D eigenvalue weighted by Crippen LogP contribution is 2.24. The Morgan fingerprint density at radius 2 is 2.00 bits per heavy atom. The molecule has 6 heteroatoms. The molecule has 0 N–H and O–H groups in total. The van der Waals surface area contributed by atoms with Crippen molar-refractivity contribution in [2.45, 2.75) is 38.7 Å². The first-order valence-electron chi connectivity index (χ1n) is 9.17. The van der Waals surface area contributed by atoms with E-state index in [-0.39, 0.29) is 6.10 Å². The van der Waals surface area contributed by atoms with Gasteiger partial charge in [-0.05, 0) is 32.9 Å². The van der Waals surface area contributed by atoms with Crippen LogP contribution >= 0.6 is 0 Å². The topological polar surface area (TPSA) is 40.5 Å². The van der Waals surface area contributed by atoms with Crippen LogP contribution in [-0.4, -0.2) is 80.6 Å². The van der Waals surface area contributed by atoms with Crippen LogP contribution in [0.2, 0.25) is 0 Å². The van der Waals surface area contributed by atoms with Gasteiger partial charge in [0, 0.05) is 39.6 Å². The molecule has 0 bridgehead atoms. The molecule has 138 valence electrons. The Bertz CT molecular complexity index is 431. The summed E-state index contributed by atoms with van der Waals surface area (Å²) >= 11 is 0. The molecule has 2 heterocycles. The highest BCUT2D eigenvalue weighted by Gasteiger charge is 2.30. The van der Waals surface area contributed by atoms with E-state index < -0.39 is 0 Å². The summed E-state index contributed by atoms with van der Waals surface area (Å²) < 4.78 is 6.15. The molecule has 2 aliphatic rings. The Kier molecular flexibility index (Phi) is 7.21. The number of rotatable bonds is 8. The summed E-state index contributed by atoms with van der Waals surface area (Å²) in [7, 11) is 6.22. The lowest BCUT2D eigenvalue weighted by atomic mass is 9.96. The molecule has 0 saturated carbocycles. The van der Waals surface area contributed by atoms with Crippen molar-refractivity contribution >= 4 is 5.90 Å². The maximum absolute atomic E-state index is 6.15. The average molecular weight is 338 g/mol. The number of hydrogen-bond donors (Lipinski definition) is 0. The summed E-state index contributed by atoms with van der Waals surface area (Å²) in [6.07, 6.45) is 4.60. The molecule has 0 amide bonds. The maximum Gasteiger partial charge on any atom is 0.229 e. The Labute approximate surface area is 147 Å². The molecule has 0 aromatic rings. The van der Waals surface area contributed by atoms with Crippen LogP contribution in [0.15, 0.2) is 17.6 Å². The SMILES string of the molecule is C=C(N(C)C)N1CCC(C2=NOCC(CN(C)CCCC)O2)CC1. The molecule has 0 aliphatic carbocycles. The fourth-order valence-electron chi connectivity index (χ4n) is 3.21. The Morgan fingerprint density at radius 1 is 1.29 bits per heavy atom. The van der Waals surface area contributed by atoms with E-state index in [0.717, 1.165) is 50.7 Å². The molecule has 0 radical (unpaired) electrons. The van der Waals surface area contributed by atoms with Crippen molar-refractivity contribution in [2.24, 2.45) is 11.1 Å². The van der Waals surface area contributed by atoms with E-state index in [1.165, 1.54) is 12.8 Å². The zero-order valence-electron chi connectivity index (χ0n) is 15.8. The van der Waals surface area contributed by atoms with Gasteiger partial charge in [-0.2, -0.15) is 0 Å². The molecule has 2 aliphatic heterocycles. The van der Waals surface area contributed by atoms with Crippen molar-refractivity contribution in [1.29, 1.82) is 0 Å². The Morgan fingerprint density at radius 3 is 2.62 bits per heavy atom. The number of hydrogen-bond acceptors (Lipinski definition) is 6. The first-order valence-corrected chi connectivity index (χ1v) is 9.17. The molecule has 1 fully saturated rings. The number of oxime groups is 1. The summed E-state index contributed by atoms with van der Waals surface area (Å²) in [4.78, 5) is 12.2. The van der Waals surface area contributed by atoms with E-state index in [1.54, 1.807) is 0 Å². The first kappa shape index (κ1) is 18.9. The van der Waals surface area contributed by atoms with E-state index in [1.807, 2.05) is 14.1 Å². The van der Waals surface area contributed by atoms with Crippen molar-refractivity contribution in [1.82, 2.24) is 14.7 Å². The largest absolute Gasteiger partial charge is 0.470 e. The van der Waals surface area contributed by atoms with Gasteiger partial charge in [0.25, 0.3) is 0 Å². The van der Waals surface area contributed by atoms with Gasteiger partial charge in [0.2, 0.25) is 5.90 Å². The summed E-state index contributed by atoms with van der Waals surface area (Å²) in [5.74, 6) is 2.23. The van der Waals surface area contributed by atoms with Gasteiger partial charge in [0.1, 0.15) is 6.10 Å². The molecule has 24 heavy (non-hydrogen) atoms. The van der Waals surface area contributed by atoms with Gasteiger partial charge in [-0.15, -0.1) is 0 Å². The second-order valence-corrected chi connectivity index (χ2v) is 7.15. The molecule has 1 saturated heterocycles. The van der Waals surface area contributed by atoms with Crippen LogP contribution < -0.4 is 0 Å². The van der Waals surface area contributed by atoms with Crippen LogP contribution in [0.1, 0.15) is 32.6 Å². The van der Waals surface area contributed by atoms with Crippen LogP contribution in [0.5, 0.6) is 0 Å². The normalized spacial score (nSPS) is 22.0. The second-order valence-electron chi connectivity index (χ2n) is 7.15. The molecule has 0 aromatic heterocycles. The standard InChI is InChI=1S/C18H34N4O2/c1-6-7-10-21(5)13-17-14-23-19-18(24-17)16-8-11-22(12-9-16)15(2)20(3)4/h16-17H,2,6-14H2,1,3-5H3. The molecule has 6 nitrogen and oxygen atoms in total. The lowest BCUT2D eigenvalue weighted by Gasteiger charge is -2.38. The quantitative estimate of drug-likeness (QED) is 0.678. The van der Waals surface area contributed by atoms with E-state index in [0.29, 0.717) is 12.5 Å². The van der Waals surface area contributed by atoms with Gasteiger partial charge in [-0.3, -0.25) is 0 Å². The maximum atomic E-state index is 6.15. The third-order valence-electron chi connectivity index (χ3n) is 4.84. The molecule has 1 unspecified atom stereocenters. The van der Waals surface area contributed by atoms with Crippen molar-refractivity contribution in [3.8, 4) is 0 Å². The van der Waals surface area contributed by atoms with Crippen LogP contribution in [0.3, 0.4) is 0 Å². The molecular formula is C18H34N4O2. The predicted octanol–water partition coefficient (Wildman–Crippen LogP) is 2.19. The lowest BCUT2D eigenvalue weighted by molar-refractivity contribution is -0.0124. The molecular weight excluding hydrogens is 304 g/mol. The number of nitrogens with zero attached hydrogens (tertiary/aromatic N) is 4. The van der Waals surface area contributed by atoms with Gasteiger partial charge in [0.05, 0.1) is 5.82 Å². The van der Waals surface area contributed by atoms with Crippen LogP contribution in [-0.2, 0) is 9.57 Å². The van der Waals surface area contributed by atoms with E-state index >= 15 is 0 Å². The number of ether oxygens (including phenoxy) is 1. The van der Waals surface area contributed by atoms with Gasteiger partial charge >= 0.3 is 0 Å². The molecule has 2 rings (SSSR count). The monoisotopic (exact) mass is 338 g/mol.